The molecule has 0 unspecified atom stereocenters. The highest BCUT2D eigenvalue weighted by molar-refractivity contribution is 5.86. The van der Waals surface area contributed by atoms with Crippen molar-refractivity contribution in [1.82, 2.24) is 14.1 Å². The third-order valence-corrected chi connectivity index (χ3v) is 5.94. The van der Waals surface area contributed by atoms with E-state index in [0.29, 0.717) is 24.8 Å². The molecule has 0 amide bonds. The van der Waals surface area contributed by atoms with Gasteiger partial charge < -0.3 is 5.11 Å². The van der Waals surface area contributed by atoms with Crippen molar-refractivity contribution in [1.29, 1.82) is 0 Å². The highest BCUT2D eigenvalue weighted by atomic mass is 19.1. The molecular weight excluding hydrogens is 395 g/mol. The third kappa shape index (κ3) is 4.10. The van der Waals surface area contributed by atoms with Gasteiger partial charge in [0.2, 0.25) is 0 Å². The predicted octanol–water partition coefficient (Wildman–Crippen LogP) is 4.02. The third-order valence-electron chi connectivity index (χ3n) is 5.94. The van der Waals surface area contributed by atoms with Crippen molar-refractivity contribution in [3.63, 3.8) is 0 Å². The van der Waals surface area contributed by atoms with Crippen molar-refractivity contribution in [2.75, 3.05) is 6.61 Å². The largest absolute Gasteiger partial charge is 0.396 e. The van der Waals surface area contributed by atoms with Crippen LogP contribution in [0, 0.1) is 12.7 Å². The number of aliphatic imine (C=N–C) groups is 1. The molecule has 7 heteroatoms. The van der Waals surface area contributed by atoms with Crippen LogP contribution in [0.25, 0.3) is 16.8 Å². The molecule has 0 bridgehead atoms. The summed E-state index contributed by atoms with van der Waals surface area (Å²) in [6.07, 6.45) is 9.04. The minimum Gasteiger partial charge on any atom is -0.396 e. The average Bonchev–Trinajstić information content (AvgIpc) is 3.57. The first kappa shape index (κ1) is 21.2. The van der Waals surface area contributed by atoms with E-state index in [4.69, 9.17) is 0 Å². The lowest BCUT2D eigenvalue weighted by Gasteiger charge is -2.14. The van der Waals surface area contributed by atoms with Crippen LogP contribution >= 0.6 is 0 Å². The molecule has 162 valence electrons. The van der Waals surface area contributed by atoms with Crippen molar-refractivity contribution in [3.05, 3.63) is 69.5 Å². The molecule has 1 aliphatic carbocycles. The Kier molecular flexibility index (Phi) is 6.13. The molecule has 0 atom stereocenters. The Hall–Kier alpha value is -3.06. The van der Waals surface area contributed by atoms with E-state index < -0.39 is 0 Å². The molecular formula is C24H27FN4O2. The fraction of sp³-hybridized carbons (Fsp3) is 0.375. The van der Waals surface area contributed by atoms with Gasteiger partial charge in [-0.25, -0.2) is 9.18 Å². The summed E-state index contributed by atoms with van der Waals surface area (Å²) in [7, 11) is 0. The first-order valence-electron chi connectivity index (χ1n) is 10.7. The normalized spacial score (nSPS) is 14.0. The zero-order chi connectivity index (χ0) is 22.0. The number of benzene rings is 1. The number of nitrogens with zero attached hydrogens (tertiary/aromatic N) is 4. The van der Waals surface area contributed by atoms with Gasteiger partial charge in [-0.05, 0) is 68.8 Å². The van der Waals surface area contributed by atoms with Crippen molar-refractivity contribution >= 4 is 23.6 Å². The molecule has 31 heavy (non-hydrogen) atoms. The maximum absolute atomic E-state index is 14.4. The molecule has 3 aromatic rings. The Morgan fingerprint density at radius 1 is 1.32 bits per heavy atom. The second kappa shape index (κ2) is 8.98. The number of fused-ring (bicyclic) bond motifs is 1. The first-order valence-corrected chi connectivity index (χ1v) is 10.7. The quantitative estimate of drug-likeness (QED) is 0.418. The van der Waals surface area contributed by atoms with E-state index in [9.17, 15) is 14.3 Å². The molecule has 2 heterocycles. The summed E-state index contributed by atoms with van der Waals surface area (Å²) in [5.74, 6) is -0.308. The van der Waals surface area contributed by atoms with Crippen LogP contribution in [0.4, 0.5) is 4.39 Å². The molecule has 1 N–H and O–H groups in total. The molecule has 0 saturated heterocycles. The van der Waals surface area contributed by atoms with Crippen molar-refractivity contribution in [2.45, 2.75) is 51.6 Å². The van der Waals surface area contributed by atoms with Crippen LogP contribution in [-0.2, 0) is 13.0 Å². The van der Waals surface area contributed by atoms with Crippen LogP contribution in [0.3, 0.4) is 0 Å². The second-order valence-electron chi connectivity index (χ2n) is 8.00. The van der Waals surface area contributed by atoms with E-state index in [0.717, 1.165) is 47.3 Å². The Labute approximate surface area is 180 Å². The molecule has 0 spiro atoms. The number of hydrogen-bond donors (Lipinski definition) is 1. The number of aliphatic hydroxyl groups is 1. The molecule has 1 aromatic carbocycles. The number of pyridine rings is 1. The SMILES string of the molecule is C=N/C=C\c1c(C)n(Cc2ncc3c(F)cccc3c2CCCCO)c(=O)n1C1CC1. The van der Waals surface area contributed by atoms with Crippen LogP contribution in [-0.4, -0.2) is 32.5 Å². The maximum Gasteiger partial charge on any atom is 0.329 e. The predicted molar refractivity (Wildman–Crippen MR) is 121 cm³/mol. The van der Waals surface area contributed by atoms with E-state index >= 15 is 0 Å². The maximum atomic E-state index is 14.4. The molecule has 4 rings (SSSR count). The first-order chi connectivity index (χ1) is 15.1. The summed E-state index contributed by atoms with van der Waals surface area (Å²) in [5.41, 5.74) is 3.31. The molecule has 0 radical (unpaired) electrons. The van der Waals surface area contributed by atoms with E-state index in [-0.39, 0.29) is 24.2 Å². The number of aryl methyl sites for hydroxylation is 1. The summed E-state index contributed by atoms with van der Waals surface area (Å²) < 4.78 is 17.9. The Balaban J connectivity index is 1.81. The second-order valence-corrected chi connectivity index (χ2v) is 8.00. The van der Waals surface area contributed by atoms with E-state index in [2.05, 4.69) is 16.7 Å². The van der Waals surface area contributed by atoms with E-state index in [1.54, 1.807) is 23.0 Å². The van der Waals surface area contributed by atoms with Crippen molar-refractivity contribution in [2.24, 2.45) is 4.99 Å². The number of rotatable bonds is 9. The van der Waals surface area contributed by atoms with Crippen LogP contribution in [0.2, 0.25) is 0 Å². The van der Waals surface area contributed by atoms with Crippen LogP contribution in [0.1, 0.15) is 54.4 Å². The van der Waals surface area contributed by atoms with Crippen molar-refractivity contribution < 1.29 is 9.50 Å². The van der Waals surface area contributed by atoms with Gasteiger partial charge >= 0.3 is 5.69 Å². The van der Waals surface area contributed by atoms with Gasteiger partial charge in [-0.15, -0.1) is 0 Å². The lowest BCUT2D eigenvalue weighted by atomic mass is 9.99. The van der Waals surface area contributed by atoms with Gasteiger partial charge in [0.15, 0.2) is 0 Å². The highest BCUT2D eigenvalue weighted by Crippen LogP contribution is 2.36. The number of halogens is 1. The zero-order valence-electron chi connectivity index (χ0n) is 17.7. The van der Waals surface area contributed by atoms with Gasteiger partial charge in [-0.1, -0.05) is 12.1 Å². The fourth-order valence-corrected chi connectivity index (χ4v) is 4.17. The minimum atomic E-state index is -0.308. The van der Waals surface area contributed by atoms with Crippen LogP contribution < -0.4 is 5.69 Å². The Bertz CT molecular complexity index is 1200. The van der Waals surface area contributed by atoms with Gasteiger partial charge in [0.1, 0.15) is 5.82 Å². The van der Waals surface area contributed by atoms with Crippen LogP contribution in [0.15, 0.2) is 40.4 Å². The summed E-state index contributed by atoms with van der Waals surface area (Å²) >= 11 is 0. The molecule has 1 aliphatic rings. The summed E-state index contributed by atoms with van der Waals surface area (Å²) in [6.45, 7) is 5.83. The molecule has 2 aromatic heterocycles. The standard InChI is InChI=1S/C24H27FN4O2/c1-16-23(11-12-26-2)29(17-9-10-17)24(31)28(16)15-22-19(6-3-4-13-30)18-7-5-8-21(25)20(18)14-27-22/h5,7-8,11-12,14,17,30H,2-4,6,9-10,13,15H2,1H3/b12-11-. The van der Waals surface area contributed by atoms with Gasteiger partial charge in [0, 0.05) is 36.1 Å². The minimum absolute atomic E-state index is 0.0637. The smallest absolute Gasteiger partial charge is 0.329 e. The number of unbranched alkanes of at least 4 members (excludes halogenated alkanes) is 1. The fourth-order valence-electron chi connectivity index (χ4n) is 4.17. The summed E-state index contributed by atoms with van der Waals surface area (Å²) in [4.78, 5) is 21.6. The van der Waals surface area contributed by atoms with Crippen molar-refractivity contribution in [3.8, 4) is 0 Å². The number of aromatic nitrogens is 3. The van der Waals surface area contributed by atoms with Gasteiger partial charge in [0.25, 0.3) is 0 Å². The Morgan fingerprint density at radius 2 is 2.13 bits per heavy atom. The van der Waals surface area contributed by atoms with E-state index in [1.165, 1.54) is 6.07 Å². The lowest BCUT2D eigenvalue weighted by Crippen LogP contribution is -2.25. The molecule has 1 saturated carbocycles. The van der Waals surface area contributed by atoms with Gasteiger partial charge in [0.05, 0.1) is 17.9 Å². The number of imidazole rings is 1. The molecule has 6 nitrogen and oxygen atoms in total. The topological polar surface area (TPSA) is 72.4 Å². The zero-order valence-corrected chi connectivity index (χ0v) is 17.7. The highest BCUT2D eigenvalue weighted by Gasteiger charge is 2.30. The Morgan fingerprint density at radius 3 is 2.84 bits per heavy atom. The summed E-state index contributed by atoms with van der Waals surface area (Å²) in [6, 6.07) is 5.24. The molecule has 0 aliphatic heterocycles. The van der Waals surface area contributed by atoms with Crippen LogP contribution in [0.5, 0.6) is 0 Å². The number of aliphatic hydroxyl groups excluding tert-OH is 1. The van der Waals surface area contributed by atoms with Gasteiger partial charge in [-0.3, -0.25) is 19.1 Å². The average molecular weight is 423 g/mol. The van der Waals surface area contributed by atoms with Gasteiger partial charge in [-0.2, -0.15) is 0 Å². The van der Waals surface area contributed by atoms with E-state index in [1.807, 2.05) is 23.6 Å². The molecule has 1 fully saturated rings. The summed E-state index contributed by atoms with van der Waals surface area (Å²) in [5, 5.41) is 10.5. The monoisotopic (exact) mass is 422 g/mol. The lowest BCUT2D eigenvalue weighted by molar-refractivity contribution is 0.284. The number of hydrogen-bond acceptors (Lipinski definition) is 4.